The van der Waals surface area contributed by atoms with E-state index < -0.39 is 6.04 Å². The zero-order valence-corrected chi connectivity index (χ0v) is 20.4. The van der Waals surface area contributed by atoms with Crippen LogP contribution in [0.4, 0.5) is 5.69 Å². The van der Waals surface area contributed by atoms with Gasteiger partial charge < -0.3 is 15.4 Å². The molecule has 0 spiro atoms. The molecular formula is C25H31Cl2N3O3. The lowest BCUT2D eigenvalue weighted by atomic mass is 9.93. The number of halogens is 2. The largest absolute Gasteiger partial charge is 0.382 e. The van der Waals surface area contributed by atoms with Gasteiger partial charge in [-0.2, -0.15) is 0 Å². The molecule has 1 fully saturated rings. The molecule has 0 unspecified atom stereocenters. The summed E-state index contributed by atoms with van der Waals surface area (Å²) in [6.45, 7) is 5.23. The van der Waals surface area contributed by atoms with E-state index in [1.807, 2.05) is 37.3 Å². The minimum absolute atomic E-state index is 0.0421. The molecule has 2 aromatic rings. The van der Waals surface area contributed by atoms with Crippen molar-refractivity contribution in [3.8, 4) is 0 Å². The number of amides is 2. The van der Waals surface area contributed by atoms with Crippen molar-refractivity contribution in [3.05, 3.63) is 64.1 Å². The van der Waals surface area contributed by atoms with Crippen molar-refractivity contribution in [2.24, 2.45) is 5.92 Å². The molecule has 6 nitrogen and oxygen atoms in total. The monoisotopic (exact) mass is 491 g/mol. The normalized spacial score (nSPS) is 15.7. The van der Waals surface area contributed by atoms with Crippen molar-refractivity contribution in [1.82, 2.24) is 10.2 Å². The van der Waals surface area contributed by atoms with E-state index in [2.05, 4.69) is 15.5 Å². The molecule has 2 aromatic carbocycles. The van der Waals surface area contributed by atoms with Crippen LogP contribution in [0.1, 0.15) is 37.8 Å². The van der Waals surface area contributed by atoms with Crippen molar-refractivity contribution < 1.29 is 14.3 Å². The summed E-state index contributed by atoms with van der Waals surface area (Å²) >= 11 is 12.2. The van der Waals surface area contributed by atoms with E-state index in [4.69, 9.17) is 27.9 Å². The van der Waals surface area contributed by atoms with Crippen LogP contribution in [0.5, 0.6) is 0 Å². The van der Waals surface area contributed by atoms with Crippen LogP contribution in [-0.4, -0.2) is 49.6 Å². The number of likely N-dealkylation sites (tertiary alicyclic amines) is 1. The van der Waals surface area contributed by atoms with Crippen LogP contribution < -0.4 is 10.6 Å². The maximum absolute atomic E-state index is 13.3. The summed E-state index contributed by atoms with van der Waals surface area (Å²) in [6, 6.07) is 14.2. The Kier molecular flexibility index (Phi) is 10.0. The van der Waals surface area contributed by atoms with Crippen LogP contribution >= 0.6 is 23.2 Å². The number of benzene rings is 2. The van der Waals surface area contributed by atoms with E-state index in [1.54, 1.807) is 18.2 Å². The molecule has 2 amide bonds. The van der Waals surface area contributed by atoms with Gasteiger partial charge in [0.2, 0.25) is 11.8 Å². The lowest BCUT2D eigenvalue weighted by molar-refractivity contribution is -0.127. The molecule has 8 heteroatoms. The minimum Gasteiger partial charge on any atom is -0.382 e. The average Bonchev–Trinajstić information content (AvgIpc) is 2.79. The van der Waals surface area contributed by atoms with Gasteiger partial charge in [0.15, 0.2) is 0 Å². The first-order valence-corrected chi connectivity index (χ1v) is 12.1. The predicted octanol–water partition coefficient (Wildman–Crippen LogP) is 4.93. The smallest absolute Gasteiger partial charge is 0.246 e. The maximum atomic E-state index is 13.3. The SMILES string of the molecule is CCOCCCNC(=O)C1CCN([C@H](C(=O)Nc2cc(Cl)cc(Cl)c2)c2ccccc2)CC1. The molecule has 33 heavy (non-hydrogen) atoms. The van der Waals surface area contributed by atoms with Gasteiger partial charge in [-0.05, 0) is 63.0 Å². The fourth-order valence-corrected chi connectivity index (χ4v) is 4.62. The summed E-state index contributed by atoms with van der Waals surface area (Å²) in [4.78, 5) is 28.0. The third-order valence-electron chi connectivity index (χ3n) is 5.73. The molecule has 0 aromatic heterocycles. The Morgan fingerprint density at radius 1 is 1.09 bits per heavy atom. The molecule has 1 heterocycles. The molecule has 0 aliphatic carbocycles. The third-order valence-corrected chi connectivity index (χ3v) is 6.16. The Morgan fingerprint density at radius 3 is 2.39 bits per heavy atom. The first-order chi connectivity index (χ1) is 16.0. The number of nitrogens with zero attached hydrogens (tertiary/aromatic N) is 1. The molecule has 0 saturated carbocycles. The van der Waals surface area contributed by atoms with Crippen molar-refractivity contribution in [2.45, 2.75) is 32.2 Å². The van der Waals surface area contributed by atoms with Crippen molar-refractivity contribution in [1.29, 1.82) is 0 Å². The van der Waals surface area contributed by atoms with Gasteiger partial charge in [-0.3, -0.25) is 14.5 Å². The van der Waals surface area contributed by atoms with Gasteiger partial charge in [-0.1, -0.05) is 53.5 Å². The number of anilines is 1. The molecule has 0 bridgehead atoms. The number of carbonyl (C=O) groups excluding carboxylic acids is 2. The number of piperidine rings is 1. The van der Waals surface area contributed by atoms with Crippen LogP contribution in [0, 0.1) is 5.92 Å². The second-order valence-corrected chi connectivity index (χ2v) is 8.99. The van der Waals surface area contributed by atoms with Gasteiger partial charge in [-0.15, -0.1) is 0 Å². The molecule has 1 aliphatic heterocycles. The molecule has 178 valence electrons. The first kappa shape index (κ1) is 25.5. The Bertz CT molecular complexity index is 898. The van der Waals surface area contributed by atoms with E-state index >= 15 is 0 Å². The second kappa shape index (κ2) is 12.9. The Hall–Kier alpha value is -2.12. The second-order valence-electron chi connectivity index (χ2n) is 8.11. The van der Waals surface area contributed by atoms with Crippen LogP contribution in [0.2, 0.25) is 10.0 Å². The fourth-order valence-electron chi connectivity index (χ4n) is 4.09. The van der Waals surface area contributed by atoms with Gasteiger partial charge in [0, 0.05) is 41.4 Å². The summed E-state index contributed by atoms with van der Waals surface area (Å²) in [7, 11) is 0. The minimum atomic E-state index is -0.473. The van der Waals surface area contributed by atoms with Crippen molar-refractivity contribution >= 4 is 40.7 Å². The van der Waals surface area contributed by atoms with E-state index in [-0.39, 0.29) is 17.7 Å². The number of rotatable bonds is 10. The number of carbonyl (C=O) groups is 2. The first-order valence-electron chi connectivity index (χ1n) is 11.4. The van der Waals surface area contributed by atoms with Crippen LogP contribution in [0.25, 0.3) is 0 Å². The number of hydrogen-bond donors (Lipinski definition) is 2. The molecule has 3 rings (SSSR count). The van der Waals surface area contributed by atoms with Gasteiger partial charge >= 0.3 is 0 Å². The van der Waals surface area contributed by atoms with Gasteiger partial charge in [0.05, 0.1) is 0 Å². The third kappa shape index (κ3) is 7.71. The highest BCUT2D eigenvalue weighted by molar-refractivity contribution is 6.35. The molecule has 1 atom stereocenters. The predicted molar refractivity (Wildman–Crippen MR) is 133 cm³/mol. The molecule has 1 aliphatic rings. The van der Waals surface area contributed by atoms with E-state index in [0.717, 1.165) is 12.0 Å². The van der Waals surface area contributed by atoms with Crippen LogP contribution in [0.15, 0.2) is 48.5 Å². The zero-order chi connectivity index (χ0) is 23.6. The van der Waals surface area contributed by atoms with Crippen molar-refractivity contribution in [2.75, 3.05) is 38.2 Å². The molecule has 0 radical (unpaired) electrons. The Balaban J connectivity index is 1.63. The van der Waals surface area contributed by atoms with Gasteiger partial charge in [0.1, 0.15) is 6.04 Å². The fraction of sp³-hybridized carbons (Fsp3) is 0.440. The quantitative estimate of drug-likeness (QED) is 0.462. The van der Waals surface area contributed by atoms with Gasteiger partial charge in [-0.25, -0.2) is 0 Å². The topological polar surface area (TPSA) is 70.7 Å². The lowest BCUT2D eigenvalue weighted by Gasteiger charge is -2.36. The average molecular weight is 492 g/mol. The van der Waals surface area contributed by atoms with Crippen LogP contribution in [0.3, 0.4) is 0 Å². The maximum Gasteiger partial charge on any atom is 0.246 e. The standard InChI is InChI=1S/C25H31Cl2N3O3/c1-2-33-14-6-11-28-24(31)19-9-12-30(13-10-19)23(18-7-4-3-5-8-18)25(32)29-22-16-20(26)15-21(27)17-22/h3-5,7-8,15-17,19,23H,2,6,9-14H2,1H3,(H,28,31)(H,29,32)/t23-/m0/s1. The summed E-state index contributed by atoms with van der Waals surface area (Å²) < 4.78 is 5.31. The molecule has 1 saturated heterocycles. The summed E-state index contributed by atoms with van der Waals surface area (Å²) in [5.41, 5.74) is 1.46. The number of ether oxygens (including phenoxy) is 1. The number of hydrogen-bond acceptors (Lipinski definition) is 4. The zero-order valence-electron chi connectivity index (χ0n) is 18.9. The highest BCUT2D eigenvalue weighted by atomic mass is 35.5. The van der Waals surface area contributed by atoms with Crippen LogP contribution in [-0.2, 0) is 14.3 Å². The molecule has 2 N–H and O–H groups in total. The Labute approximate surface area is 205 Å². The highest BCUT2D eigenvalue weighted by Crippen LogP contribution is 2.29. The summed E-state index contributed by atoms with van der Waals surface area (Å²) in [5.74, 6) is -0.113. The van der Waals surface area contributed by atoms with Crippen molar-refractivity contribution in [3.63, 3.8) is 0 Å². The van der Waals surface area contributed by atoms with Gasteiger partial charge in [0.25, 0.3) is 0 Å². The summed E-state index contributed by atoms with van der Waals surface area (Å²) in [5, 5.41) is 6.89. The van der Waals surface area contributed by atoms with E-state index in [1.165, 1.54) is 0 Å². The molecular weight excluding hydrogens is 461 g/mol. The lowest BCUT2D eigenvalue weighted by Crippen LogP contribution is -2.45. The number of nitrogens with one attached hydrogen (secondary N) is 2. The summed E-state index contributed by atoms with van der Waals surface area (Å²) in [6.07, 6.45) is 2.22. The highest BCUT2D eigenvalue weighted by Gasteiger charge is 2.33. The Morgan fingerprint density at radius 2 is 1.76 bits per heavy atom. The van der Waals surface area contributed by atoms with E-state index in [9.17, 15) is 9.59 Å². The van der Waals surface area contributed by atoms with E-state index in [0.29, 0.717) is 61.4 Å².